The van der Waals surface area contributed by atoms with E-state index in [-0.39, 0.29) is 0 Å². The van der Waals surface area contributed by atoms with E-state index in [2.05, 4.69) is 27.2 Å². The molecule has 0 amide bonds. The van der Waals surface area contributed by atoms with Crippen LogP contribution in [-0.2, 0) is 0 Å². The van der Waals surface area contributed by atoms with E-state index in [0.29, 0.717) is 5.82 Å². The lowest BCUT2D eigenvalue weighted by molar-refractivity contribution is 0.965. The molecule has 0 spiro atoms. The monoisotopic (exact) mass is 228 g/mol. The summed E-state index contributed by atoms with van der Waals surface area (Å²) in [6, 6.07) is 5.82. The van der Waals surface area contributed by atoms with Crippen molar-refractivity contribution in [2.45, 2.75) is 20.3 Å². The zero-order valence-corrected chi connectivity index (χ0v) is 10.1. The van der Waals surface area contributed by atoms with Gasteiger partial charge in [0.15, 0.2) is 5.82 Å². The third-order valence-electron chi connectivity index (χ3n) is 2.36. The van der Waals surface area contributed by atoms with E-state index >= 15 is 0 Å². The number of aromatic nitrogens is 3. The summed E-state index contributed by atoms with van der Waals surface area (Å²) in [5.74, 6) is 1.51. The molecule has 0 unspecified atom stereocenters. The highest BCUT2D eigenvalue weighted by Gasteiger charge is 2.03. The van der Waals surface area contributed by atoms with E-state index in [1.165, 1.54) is 0 Å². The van der Waals surface area contributed by atoms with Gasteiger partial charge >= 0.3 is 0 Å². The number of aryl methyl sites for hydroxylation is 1. The maximum Gasteiger partial charge on any atom is 0.180 e. The van der Waals surface area contributed by atoms with Crippen LogP contribution in [-0.4, -0.2) is 21.5 Å². The molecule has 0 bridgehead atoms. The van der Waals surface area contributed by atoms with Crippen molar-refractivity contribution in [1.29, 1.82) is 0 Å². The first-order valence-electron chi connectivity index (χ1n) is 5.79. The van der Waals surface area contributed by atoms with Gasteiger partial charge < -0.3 is 5.32 Å². The Morgan fingerprint density at radius 2 is 2.00 bits per heavy atom. The van der Waals surface area contributed by atoms with Crippen molar-refractivity contribution < 1.29 is 0 Å². The molecule has 4 nitrogen and oxygen atoms in total. The van der Waals surface area contributed by atoms with Crippen LogP contribution in [0.1, 0.15) is 18.9 Å². The van der Waals surface area contributed by atoms with Crippen LogP contribution >= 0.6 is 0 Å². The molecule has 0 atom stereocenters. The standard InChI is InChI=1S/C13H16N4/c1-3-6-15-12-5-8-16-13(17-12)11-9-10(2)4-7-14-11/h4-5,7-9H,3,6H2,1-2H3,(H,15,16,17). The normalized spacial score (nSPS) is 10.2. The maximum atomic E-state index is 4.44. The number of nitrogens with zero attached hydrogens (tertiary/aromatic N) is 3. The SMILES string of the molecule is CCCNc1ccnc(-c2cc(C)ccn2)n1. The Bertz CT molecular complexity index is 496. The van der Waals surface area contributed by atoms with E-state index < -0.39 is 0 Å². The Kier molecular flexibility index (Phi) is 3.65. The predicted octanol–water partition coefficient (Wildman–Crippen LogP) is 2.67. The first-order chi connectivity index (χ1) is 8.29. The molecule has 1 N–H and O–H groups in total. The molecule has 0 aliphatic rings. The van der Waals surface area contributed by atoms with Crippen molar-refractivity contribution in [3.05, 3.63) is 36.2 Å². The van der Waals surface area contributed by atoms with Gasteiger partial charge in [-0.25, -0.2) is 9.97 Å². The first-order valence-corrected chi connectivity index (χ1v) is 5.79. The summed E-state index contributed by atoms with van der Waals surface area (Å²) in [6.07, 6.45) is 4.60. The van der Waals surface area contributed by atoms with Gasteiger partial charge in [0.25, 0.3) is 0 Å². The Labute approximate surface area is 101 Å². The van der Waals surface area contributed by atoms with Gasteiger partial charge in [0.2, 0.25) is 0 Å². The fourth-order valence-electron chi connectivity index (χ4n) is 1.49. The van der Waals surface area contributed by atoms with E-state index in [0.717, 1.165) is 30.0 Å². The van der Waals surface area contributed by atoms with Gasteiger partial charge in [-0.2, -0.15) is 0 Å². The molecule has 0 aliphatic carbocycles. The van der Waals surface area contributed by atoms with Gasteiger partial charge in [-0.05, 0) is 37.1 Å². The Balaban J connectivity index is 2.26. The summed E-state index contributed by atoms with van der Waals surface area (Å²) in [5, 5.41) is 3.24. The molecule has 0 radical (unpaired) electrons. The fraction of sp³-hybridized carbons (Fsp3) is 0.308. The van der Waals surface area contributed by atoms with Crippen LogP contribution in [0, 0.1) is 6.92 Å². The first kappa shape index (κ1) is 11.5. The van der Waals surface area contributed by atoms with Gasteiger partial charge in [0.1, 0.15) is 11.5 Å². The van der Waals surface area contributed by atoms with Crippen molar-refractivity contribution in [1.82, 2.24) is 15.0 Å². The molecule has 0 saturated heterocycles. The second kappa shape index (κ2) is 5.39. The minimum absolute atomic E-state index is 0.662. The highest BCUT2D eigenvalue weighted by Crippen LogP contribution is 2.14. The molecule has 0 aromatic carbocycles. The Morgan fingerprint density at radius 1 is 1.18 bits per heavy atom. The summed E-state index contributed by atoms with van der Waals surface area (Å²) in [5.41, 5.74) is 1.97. The van der Waals surface area contributed by atoms with Gasteiger partial charge in [-0.3, -0.25) is 4.98 Å². The summed E-state index contributed by atoms with van der Waals surface area (Å²) in [4.78, 5) is 13.0. The van der Waals surface area contributed by atoms with Crippen LogP contribution in [0.15, 0.2) is 30.6 Å². The molecule has 4 heteroatoms. The highest BCUT2D eigenvalue weighted by molar-refractivity contribution is 5.52. The van der Waals surface area contributed by atoms with Crippen molar-refractivity contribution in [2.75, 3.05) is 11.9 Å². The predicted molar refractivity (Wildman–Crippen MR) is 68.8 cm³/mol. The number of rotatable bonds is 4. The van der Waals surface area contributed by atoms with Crippen LogP contribution in [0.4, 0.5) is 5.82 Å². The highest BCUT2D eigenvalue weighted by atomic mass is 15.0. The zero-order valence-electron chi connectivity index (χ0n) is 10.1. The largest absolute Gasteiger partial charge is 0.370 e. The second-order valence-electron chi connectivity index (χ2n) is 3.91. The molecule has 0 saturated carbocycles. The molecule has 0 aliphatic heterocycles. The van der Waals surface area contributed by atoms with Gasteiger partial charge in [0.05, 0.1) is 0 Å². The molecular weight excluding hydrogens is 212 g/mol. The molecule has 2 aromatic heterocycles. The summed E-state index contributed by atoms with van der Waals surface area (Å²) in [6.45, 7) is 5.07. The summed E-state index contributed by atoms with van der Waals surface area (Å²) < 4.78 is 0. The van der Waals surface area contributed by atoms with E-state index in [1.807, 2.05) is 25.1 Å². The van der Waals surface area contributed by atoms with E-state index in [1.54, 1.807) is 12.4 Å². The Hall–Kier alpha value is -1.97. The minimum atomic E-state index is 0.662. The quantitative estimate of drug-likeness (QED) is 0.874. The third kappa shape index (κ3) is 3.00. The van der Waals surface area contributed by atoms with E-state index in [9.17, 15) is 0 Å². The van der Waals surface area contributed by atoms with Crippen LogP contribution in [0.5, 0.6) is 0 Å². The second-order valence-corrected chi connectivity index (χ2v) is 3.91. The van der Waals surface area contributed by atoms with Crippen molar-refractivity contribution in [3.63, 3.8) is 0 Å². The smallest absolute Gasteiger partial charge is 0.180 e. The average Bonchev–Trinajstić information content (AvgIpc) is 2.37. The summed E-state index contributed by atoms with van der Waals surface area (Å²) in [7, 11) is 0. The van der Waals surface area contributed by atoms with Crippen LogP contribution in [0.3, 0.4) is 0 Å². The molecule has 0 fully saturated rings. The molecule has 88 valence electrons. The van der Waals surface area contributed by atoms with E-state index in [4.69, 9.17) is 0 Å². The van der Waals surface area contributed by atoms with Crippen LogP contribution in [0.25, 0.3) is 11.5 Å². The number of nitrogens with one attached hydrogen (secondary N) is 1. The lowest BCUT2D eigenvalue weighted by atomic mass is 10.2. The van der Waals surface area contributed by atoms with Crippen LogP contribution in [0.2, 0.25) is 0 Å². The topological polar surface area (TPSA) is 50.7 Å². The average molecular weight is 228 g/mol. The van der Waals surface area contributed by atoms with Gasteiger partial charge in [-0.15, -0.1) is 0 Å². The van der Waals surface area contributed by atoms with Gasteiger partial charge in [0, 0.05) is 18.9 Å². The number of hydrogen-bond acceptors (Lipinski definition) is 4. The summed E-state index contributed by atoms with van der Waals surface area (Å²) >= 11 is 0. The molecule has 2 aromatic rings. The molecule has 2 rings (SSSR count). The van der Waals surface area contributed by atoms with Crippen molar-refractivity contribution in [3.8, 4) is 11.5 Å². The molecule has 2 heterocycles. The lowest BCUT2D eigenvalue weighted by Gasteiger charge is -2.05. The fourth-order valence-corrected chi connectivity index (χ4v) is 1.49. The van der Waals surface area contributed by atoms with Crippen LogP contribution < -0.4 is 5.32 Å². The van der Waals surface area contributed by atoms with Crippen molar-refractivity contribution in [2.24, 2.45) is 0 Å². The number of hydrogen-bond donors (Lipinski definition) is 1. The van der Waals surface area contributed by atoms with Crippen molar-refractivity contribution >= 4 is 5.82 Å². The number of anilines is 1. The minimum Gasteiger partial charge on any atom is -0.370 e. The third-order valence-corrected chi connectivity index (χ3v) is 2.36. The lowest BCUT2D eigenvalue weighted by Crippen LogP contribution is -2.03. The maximum absolute atomic E-state index is 4.44. The Morgan fingerprint density at radius 3 is 2.76 bits per heavy atom. The zero-order chi connectivity index (χ0) is 12.1. The molecular formula is C13H16N4. The molecule has 17 heavy (non-hydrogen) atoms. The number of pyridine rings is 1. The van der Waals surface area contributed by atoms with Gasteiger partial charge in [-0.1, -0.05) is 6.92 Å².